The van der Waals surface area contributed by atoms with E-state index in [2.05, 4.69) is 6.92 Å². The summed E-state index contributed by atoms with van der Waals surface area (Å²) in [5, 5.41) is 10.6. The summed E-state index contributed by atoms with van der Waals surface area (Å²) in [6.07, 6.45) is 2.44. The van der Waals surface area contributed by atoms with Crippen molar-refractivity contribution in [3.05, 3.63) is 29.3 Å². The molecular formula is C14H22O2. The van der Waals surface area contributed by atoms with E-state index in [-0.39, 0.29) is 0 Å². The fourth-order valence-electron chi connectivity index (χ4n) is 2.10. The highest BCUT2D eigenvalue weighted by Crippen LogP contribution is 2.36. The van der Waals surface area contributed by atoms with E-state index in [1.165, 1.54) is 0 Å². The summed E-state index contributed by atoms with van der Waals surface area (Å²) in [5.74, 6) is 0.781. The SMILES string of the molecule is CCCC(O)(CC)c1cc(C)ccc1OC. The molecule has 0 bridgehead atoms. The molecule has 0 saturated heterocycles. The molecule has 1 atom stereocenters. The first-order chi connectivity index (χ1) is 7.57. The van der Waals surface area contributed by atoms with Crippen molar-refractivity contribution in [2.75, 3.05) is 7.11 Å². The lowest BCUT2D eigenvalue weighted by molar-refractivity contribution is 0.0203. The van der Waals surface area contributed by atoms with Gasteiger partial charge in [-0.15, -0.1) is 0 Å². The maximum atomic E-state index is 10.6. The average molecular weight is 222 g/mol. The van der Waals surface area contributed by atoms with Crippen LogP contribution in [-0.4, -0.2) is 12.2 Å². The van der Waals surface area contributed by atoms with E-state index < -0.39 is 5.60 Å². The smallest absolute Gasteiger partial charge is 0.124 e. The van der Waals surface area contributed by atoms with Gasteiger partial charge in [0.2, 0.25) is 0 Å². The lowest BCUT2D eigenvalue weighted by Crippen LogP contribution is -2.25. The number of aliphatic hydroxyl groups is 1. The van der Waals surface area contributed by atoms with Crippen molar-refractivity contribution < 1.29 is 9.84 Å². The van der Waals surface area contributed by atoms with Crippen LogP contribution in [0, 0.1) is 6.92 Å². The van der Waals surface area contributed by atoms with E-state index in [0.717, 1.165) is 29.7 Å². The van der Waals surface area contributed by atoms with Gasteiger partial charge in [-0.25, -0.2) is 0 Å². The molecule has 0 amide bonds. The molecule has 0 saturated carbocycles. The summed E-state index contributed by atoms with van der Waals surface area (Å²) in [4.78, 5) is 0. The Bertz CT molecular complexity index is 347. The predicted molar refractivity (Wildman–Crippen MR) is 66.8 cm³/mol. The first-order valence-corrected chi connectivity index (χ1v) is 5.95. The van der Waals surface area contributed by atoms with Crippen molar-refractivity contribution in [2.45, 2.75) is 45.6 Å². The lowest BCUT2D eigenvalue weighted by atomic mass is 9.85. The first kappa shape index (κ1) is 13.0. The van der Waals surface area contributed by atoms with Gasteiger partial charge in [-0.1, -0.05) is 31.9 Å². The number of aryl methyl sites for hydroxylation is 1. The summed E-state index contributed by atoms with van der Waals surface area (Å²) in [6, 6.07) is 5.96. The zero-order valence-electron chi connectivity index (χ0n) is 10.7. The maximum Gasteiger partial charge on any atom is 0.124 e. The largest absolute Gasteiger partial charge is 0.496 e. The average Bonchev–Trinajstić information content (AvgIpc) is 2.29. The molecule has 0 radical (unpaired) electrons. The highest BCUT2D eigenvalue weighted by atomic mass is 16.5. The molecule has 1 rings (SSSR count). The Morgan fingerprint density at radius 3 is 2.50 bits per heavy atom. The van der Waals surface area contributed by atoms with Crippen LogP contribution in [-0.2, 0) is 5.60 Å². The predicted octanol–water partition coefficient (Wildman–Crippen LogP) is 3.40. The molecule has 1 aromatic rings. The van der Waals surface area contributed by atoms with Gasteiger partial charge in [0.15, 0.2) is 0 Å². The van der Waals surface area contributed by atoms with Gasteiger partial charge in [-0.05, 0) is 31.9 Å². The second kappa shape index (κ2) is 5.35. The van der Waals surface area contributed by atoms with Crippen molar-refractivity contribution >= 4 is 0 Å². The second-order valence-corrected chi connectivity index (χ2v) is 4.34. The molecule has 2 heteroatoms. The molecular weight excluding hydrogens is 200 g/mol. The van der Waals surface area contributed by atoms with Crippen LogP contribution in [0.2, 0.25) is 0 Å². The van der Waals surface area contributed by atoms with Crippen LogP contribution in [0.3, 0.4) is 0 Å². The minimum Gasteiger partial charge on any atom is -0.496 e. The molecule has 1 unspecified atom stereocenters. The van der Waals surface area contributed by atoms with E-state index in [0.29, 0.717) is 6.42 Å². The molecule has 0 aliphatic heterocycles. The quantitative estimate of drug-likeness (QED) is 0.827. The van der Waals surface area contributed by atoms with Gasteiger partial charge in [-0.2, -0.15) is 0 Å². The second-order valence-electron chi connectivity index (χ2n) is 4.34. The van der Waals surface area contributed by atoms with Gasteiger partial charge in [-0.3, -0.25) is 0 Å². The minimum atomic E-state index is -0.758. The lowest BCUT2D eigenvalue weighted by Gasteiger charge is -2.29. The van der Waals surface area contributed by atoms with Crippen molar-refractivity contribution in [3.63, 3.8) is 0 Å². The van der Waals surface area contributed by atoms with Gasteiger partial charge >= 0.3 is 0 Å². The number of hydrogen-bond donors (Lipinski definition) is 1. The van der Waals surface area contributed by atoms with Crippen molar-refractivity contribution in [3.8, 4) is 5.75 Å². The third kappa shape index (κ3) is 2.56. The molecule has 90 valence electrons. The Morgan fingerprint density at radius 1 is 1.31 bits per heavy atom. The van der Waals surface area contributed by atoms with Crippen LogP contribution in [0.15, 0.2) is 18.2 Å². The monoisotopic (exact) mass is 222 g/mol. The van der Waals surface area contributed by atoms with Gasteiger partial charge in [0.25, 0.3) is 0 Å². The summed E-state index contributed by atoms with van der Waals surface area (Å²) in [6.45, 7) is 6.13. The standard InChI is InChI=1S/C14H22O2/c1-5-9-14(15,6-2)12-10-11(3)7-8-13(12)16-4/h7-8,10,15H,5-6,9H2,1-4H3. The molecule has 1 aromatic carbocycles. The summed E-state index contributed by atoms with van der Waals surface area (Å²) in [7, 11) is 1.65. The molecule has 0 aliphatic rings. The number of ether oxygens (including phenoxy) is 1. The number of hydrogen-bond acceptors (Lipinski definition) is 2. The fourth-order valence-corrected chi connectivity index (χ4v) is 2.10. The summed E-state index contributed by atoms with van der Waals surface area (Å²) >= 11 is 0. The Morgan fingerprint density at radius 2 is 2.00 bits per heavy atom. The third-order valence-corrected chi connectivity index (χ3v) is 3.10. The highest BCUT2D eigenvalue weighted by Gasteiger charge is 2.29. The zero-order valence-corrected chi connectivity index (χ0v) is 10.7. The Labute approximate surface area is 98.3 Å². The third-order valence-electron chi connectivity index (χ3n) is 3.10. The van der Waals surface area contributed by atoms with Crippen molar-refractivity contribution in [1.82, 2.24) is 0 Å². The Balaban J connectivity index is 3.21. The summed E-state index contributed by atoms with van der Waals surface area (Å²) in [5.41, 5.74) is 1.31. The molecule has 0 fully saturated rings. The number of benzene rings is 1. The highest BCUT2D eigenvalue weighted by molar-refractivity contribution is 5.40. The Hall–Kier alpha value is -1.02. The van der Waals surface area contributed by atoms with Crippen LogP contribution >= 0.6 is 0 Å². The molecule has 2 nitrogen and oxygen atoms in total. The zero-order chi connectivity index (χ0) is 12.2. The van der Waals surface area contributed by atoms with E-state index in [4.69, 9.17) is 4.74 Å². The molecule has 0 heterocycles. The molecule has 0 aromatic heterocycles. The van der Waals surface area contributed by atoms with Gasteiger partial charge in [0.05, 0.1) is 12.7 Å². The van der Waals surface area contributed by atoms with Crippen LogP contribution < -0.4 is 4.74 Å². The van der Waals surface area contributed by atoms with Crippen LogP contribution in [0.5, 0.6) is 5.75 Å². The van der Waals surface area contributed by atoms with Crippen molar-refractivity contribution in [1.29, 1.82) is 0 Å². The Kier molecular flexibility index (Phi) is 4.36. The summed E-state index contributed by atoms with van der Waals surface area (Å²) < 4.78 is 5.33. The molecule has 0 aliphatic carbocycles. The van der Waals surface area contributed by atoms with Gasteiger partial charge in [0, 0.05) is 5.56 Å². The van der Waals surface area contributed by atoms with E-state index in [1.807, 2.05) is 32.0 Å². The first-order valence-electron chi connectivity index (χ1n) is 5.95. The maximum absolute atomic E-state index is 10.6. The normalized spacial score (nSPS) is 14.6. The van der Waals surface area contributed by atoms with Crippen LogP contribution in [0.25, 0.3) is 0 Å². The molecule has 0 spiro atoms. The molecule has 1 N–H and O–H groups in total. The van der Waals surface area contributed by atoms with E-state index in [1.54, 1.807) is 7.11 Å². The van der Waals surface area contributed by atoms with E-state index in [9.17, 15) is 5.11 Å². The van der Waals surface area contributed by atoms with Gasteiger partial charge < -0.3 is 9.84 Å². The van der Waals surface area contributed by atoms with Crippen molar-refractivity contribution in [2.24, 2.45) is 0 Å². The van der Waals surface area contributed by atoms with Crippen LogP contribution in [0.1, 0.15) is 44.2 Å². The van der Waals surface area contributed by atoms with Gasteiger partial charge in [0.1, 0.15) is 5.75 Å². The number of methoxy groups -OCH3 is 1. The van der Waals surface area contributed by atoms with E-state index >= 15 is 0 Å². The van der Waals surface area contributed by atoms with Crippen LogP contribution in [0.4, 0.5) is 0 Å². The topological polar surface area (TPSA) is 29.5 Å². The molecule has 16 heavy (non-hydrogen) atoms. The fraction of sp³-hybridized carbons (Fsp3) is 0.571. The minimum absolute atomic E-state index is 0.709. The number of rotatable bonds is 5.